The average molecular weight is 369 g/mol. The summed E-state index contributed by atoms with van der Waals surface area (Å²) in [6, 6.07) is 4.88. The number of aldehydes is 1. The lowest BCUT2D eigenvalue weighted by Gasteiger charge is -2.22. The van der Waals surface area contributed by atoms with Crippen LogP contribution in [0.25, 0.3) is 0 Å². The highest BCUT2D eigenvalue weighted by Gasteiger charge is 2.32. The van der Waals surface area contributed by atoms with Crippen molar-refractivity contribution in [3.8, 4) is 0 Å². The van der Waals surface area contributed by atoms with Gasteiger partial charge in [-0.1, -0.05) is 29.8 Å². The van der Waals surface area contributed by atoms with Gasteiger partial charge in [0.2, 0.25) is 5.91 Å². The maximum atomic E-state index is 12.3. The van der Waals surface area contributed by atoms with Gasteiger partial charge in [-0.15, -0.1) is 0 Å². The number of halogens is 1. The molecule has 1 N–H and O–H groups in total. The smallest absolute Gasteiger partial charge is 0.255 e. The van der Waals surface area contributed by atoms with Crippen molar-refractivity contribution >= 4 is 34.0 Å². The van der Waals surface area contributed by atoms with Gasteiger partial charge in [0.05, 0.1) is 6.04 Å². The number of nitrogens with zero attached hydrogens (tertiary/aromatic N) is 1. The van der Waals surface area contributed by atoms with E-state index in [2.05, 4.69) is 21.2 Å². The van der Waals surface area contributed by atoms with E-state index in [1.165, 1.54) is 4.90 Å². The van der Waals surface area contributed by atoms with Crippen LogP contribution < -0.4 is 5.32 Å². The molecule has 1 aliphatic rings. The summed E-state index contributed by atoms with van der Waals surface area (Å²) >= 11 is 3.37. The molecule has 1 aliphatic heterocycles. The Kier molecular flexibility index (Phi) is 7.24. The molecule has 0 saturated heterocycles. The molecule has 1 atom stereocenters. The molecule has 0 radical (unpaired) electrons. The van der Waals surface area contributed by atoms with E-state index in [-0.39, 0.29) is 18.2 Å². The van der Waals surface area contributed by atoms with Gasteiger partial charge in [0.15, 0.2) is 0 Å². The summed E-state index contributed by atoms with van der Waals surface area (Å²) in [6.45, 7) is 4.41. The Morgan fingerprint density at radius 3 is 2.73 bits per heavy atom. The van der Waals surface area contributed by atoms with Crippen molar-refractivity contribution in [2.75, 3.05) is 7.05 Å². The van der Waals surface area contributed by atoms with Gasteiger partial charge < -0.3 is 15.0 Å². The SMILES string of the molecule is CC.CNC(=O)CCC(C=O)N1Cc2cc(Br)ccc2C1=O. The number of carbonyl (C=O) groups excluding carboxylic acids is 3. The summed E-state index contributed by atoms with van der Waals surface area (Å²) in [6.07, 6.45) is 1.30. The molecule has 2 amide bonds. The lowest BCUT2D eigenvalue weighted by molar-refractivity contribution is -0.121. The highest BCUT2D eigenvalue weighted by atomic mass is 79.9. The molecule has 5 nitrogen and oxygen atoms in total. The van der Waals surface area contributed by atoms with Crippen LogP contribution in [-0.2, 0) is 16.1 Å². The molecule has 0 spiro atoms. The third-order valence-electron chi connectivity index (χ3n) is 3.40. The van der Waals surface area contributed by atoms with E-state index in [0.717, 1.165) is 16.3 Å². The molecule has 0 aliphatic carbocycles. The summed E-state index contributed by atoms with van der Waals surface area (Å²) < 4.78 is 0.902. The minimum absolute atomic E-state index is 0.135. The van der Waals surface area contributed by atoms with Crippen molar-refractivity contribution in [1.29, 1.82) is 0 Å². The van der Waals surface area contributed by atoms with E-state index in [1.54, 1.807) is 19.2 Å². The van der Waals surface area contributed by atoms with Gasteiger partial charge in [0.1, 0.15) is 6.29 Å². The summed E-state index contributed by atoms with van der Waals surface area (Å²) in [5.74, 6) is -0.287. The van der Waals surface area contributed by atoms with Gasteiger partial charge in [-0.2, -0.15) is 0 Å². The number of amides is 2. The van der Waals surface area contributed by atoms with Crippen LogP contribution in [0, 0.1) is 0 Å². The second-order valence-electron chi connectivity index (χ2n) is 4.65. The van der Waals surface area contributed by atoms with E-state index < -0.39 is 6.04 Å². The van der Waals surface area contributed by atoms with Crippen molar-refractivity contribution in [3.63, 3.8) is 0 Å². The molecule has 2 rings (SSSR count). The largest absolute Gasteiger partial charge is 0.359 e. The van der Waals surface area contributed by atoms with Crippen LogP contribution in [-0.4, -0.2) is 36.1 Å². The second kappa shape index (κ2) is 8.68. The summed E-state index contributed by atoms with van der Waals surface area (Å²) in [5, 5.41) is 2.51. The number of carbonyl (C=O) groups is 3. The molecule has 0 bridgehead atoms. The Bertz CT molecular complexity index is 560. The average Bonchev–Trinajstić information content (AvgIpc) is 2.86. The fraction of sp³-hybridized carbons (Fsp3) is 0.438. The summed E-state index contributed by atoms with van der Waals surface area (Å²) in [5.41, 5.74) is 1.52. The molecule has 0 saturated carbocycles. The number of rotatable bonds is 5. The standard InChI is InChI=1S/C14H15BrN2O3.C2H6/c1-16-13(19)5-3-11(8-18)17-7-9-6-10(15)2-4-12(9)14(17)20;1-2/h2,4,6,8,11H,3,5,7H2,1H3,(H,16,19);1-2H3. The van der Waals surface area contributed by atoms with Crippen molar-refractivity contribution < 1.29 is 14.4 Å². The van der Waals surface area contributed by atoms with Crippen molar-refractivity contribution in [3.05, 3.63) is 33.8 Å². The van der Waals surface area contributed by atoms with E-state index >= 15 is 0 Å². The van der Waals surface area contributed by atoms with Crippen molar-refractivity contribution in [2.24, 2.45) is 0 Å². The molecule has 1 aromatic carbocycles. The van der Waals surface area contributed by atoms with Crippen LogP contribution in [0.15, 0.2) is 22.7 Å². The minimum Gasteiger partial charge on any atom is -0.359 e. The van der Waals surface area contributed by atoms with E-state index in [9.17, 15) is 14.4 Å². The maximum Gasteiger partial charge on any atom is 0.255 e. The van der Waals surface area contributed by atoms with Gasteiger partial charge in [-0.25, -0.2) is 0 Å². The quantitative estimate of drug-likeness (QED) is 0.812. The van der Waals surface area contributed by atoms with Gasteiger partial charge >= 0.3 is 0 Å². The van der Waals surface area contributed by atoms with Crippen LogP contribution in [0.1, 0.15) is 42.6 Å². The molecule has 1 aromatic rings. The third kappa shape index (κ3) is 4.16. The van der Waals surface area contributed by atoms with Crippen LogP contribution in [0.4, 0.5) is 0 Å². The topological polar surface area (TPSA) is 66.5 Å². The first-order valence-electron chi connectivity index (χ1n) is 7.32. The first-order chi connectivity index (χ1) is 10.6. The highest BCUT2D eigenvalue weighted by molar-refractivity contribution is 9.10. The minimum atomic E-state index is -0.564. The molecule has 6 heteroatoms. The van der Waals surface area contributed by atoms with Crippen molar-refractivity contribution in [1.82, 2.24) is 10.2 Å². The molecular weight excluding hydrogens is 348 g/mol. The lowest BCUT2D eigenvalue weighted by Crippen LogP contribution is -2.37. The molecule has 120 valence electrons. The van der Waals surface area contributed by atoms with Gasteiger partial charge in [0.25, 0.3) is 5.91 Å². The Hall–Kier alpha value is -1.69. The predicted octanol–water partition coefficient (Wildman–Crippen LogP) is 2.52. The molecule has 1 unspecified atom stereocenters. The number of hydrogen-bond acceptors (Lipinski definition) is 3. The monoisotopic (exact) mass is 368 g/mol. The van der Waals surface area contributed by atoms with E-state index in [0.29, 0.717) is 18.5 Å². The van der Waals surface area contributed by atoms with Crippen molar-refractivity contribution in [2.45, 2.75) is 39.3 Å². The Labute approximate surface area is 139 Å². The Morgan fingerprint density at radius 2 is 2.14 bits per heavy atom. The summed E-state index contributed by atoms with van der Waals surface area (Å²) in [4.78, 5) is 36.3. The maximum absolute atomic E-state index is 12.3. The fourth-order valence-electron chi connectivity index (χ4n) is 2.28. The van der Waals surface area contributed by atoms with Crippen LogP contribution >= 0.6 is 15.9 Å². The first kappa shape index (κ1) is 18.4. The molecule has 0 aromatic heterocycles. The summed E-state index contributed by atoms with van der Waals surface area (Å²) in [7, 11) is 1.55. The number of benzene rings is 1. The van der Waals surface area contributed by atoms with Gasteiger partial charge in [-0.05, 0) is 30.2 Å². The Morgan fingerprint density at radius 1 is 1.45 bits per heavy atom. The van der Waals surface area contributed by atoms with E-state index in [1.807, 2.05) is 19.9 Å². The molecular formula is C16H21BrN2O3. The van der Waals surface area contributed by atoms with Gasteiger partial charge in [-0.3, -0.25) is 9.59 Å². The predicted molar refractivity (Wildman–Crippen MR) is 88.5 cm³/mol. The number of fused-ring (bicyclic) bond motifs is 1. The van der Waals surface area contributed by atoms with Crippen LogP contribution in [0.2, 0.25) is 0 Å². The number of hydrogen-bond donors (Lipinski definition) is 1. The van der Waals surface area contributed by atoms with Crippen LogP contribution in [0.5, 0.6) is 0 Å². The van der Waals surface area contributed by atoms with Crippen LogP contribution in [0.3, 0.4) is 0 Å². The molecule has 0 fully saturated rings. The zero-order chi connectivity index (χ0) is 16.7. The number of nitrogens with one attached hydrogen (secondary N) is 1. The zero-order valence-electron chi connectivity index (χ0n) is 13.1. The Balaban J connectivity index is 0.00000116. The lowest BCUT2D eigenvalue weighted by atomic mass is 10.1. The second-order valence-corrected chi connectivity index (χ2v) is 5.57. The first-order valence-corrected chi connectivity index (χ1v) is 8.11. The third-order valence-corrected chi connectivity index (χ3v) is 3.90. The zero-order valence-corrected chi connectivity index (χ0v) is 14.6. The highest BCUT2D eigenvalue weighted by Crippen LogP contribution is 2.28. The normalized spacial score (nSPS) is 13.8. The molecule has 22 heavy (non-hydrogen) atoms. The van der Waals surface area contributed by atoms with E-state index in [4.69, 9.17) is 0 Å². The van der Waals surface area contributed by atoms with Gasteiger partial charge in [0, 0.05) is 30.0 Å². The molecule has 1 heterocycles. The fourth-order valence-corrected chi connectivity index (χ4v) is 2.69.